The van der Waals surface area contributed by atoms with Gasteiger partial charge in [-0.05, 0) is 16.5 Å². The molecule has 0 unspecified atom stereocenters. The Morgan fingerprint density at radius 3 is 2.55 bits per heavy atom. The maximum atomic E-state index is 13.4. The average Bonchev–Trinajstić information content (AvgIpc) is 2.92. The standard InChI is InChI=1S/C16H17FN4S/c1-16(2,3)11-6-4-10(5-7-11)8-22-14-12-13(19-9-18-12)20-15(17)21-14/h4-7,9H,8H2,1-3H3,(H,18,19,20,21). The maximum absolute atomic E-state index is 13.4. The highest BCUT2D eigenvalue weighted by atomic mass is 32.2. The third-order valence-electron chi connectivity index (χ3n) is 3.42. The zero-order chi connectivity index (χ0) is 15.7. The minimum absolute atomic E-state index is 0.142. The van der Waals surface area contributed by atoms with Crippen LogP contribution in [0.2, 0.25) is 0 Å². The molecule has 0 spiro atoms. The monoisotopic (exact) mass is 316 g/mol. The quantitative estimate of drug-likeness (QED) is 0.449. The highest BCUT2D eigenvalue weighted by Crippen LogP contribution is 2.27. The molecule has 0 fully saturated rings. The number of halogens is 1. The van der Waals surface area contributed by atoms with Crippen molar-refractivity contribution in [2.75, 3.05) is 0 Å². The van der Waals surface area contributed by atoms with Crippen molar-refractivity contribution in [3.63, 3.8) is 0 Å². The van der Waals surface area contributed by atoms with Crippen LogP contribution in [0.1, 0.15) is 31.9 Å². The number of H-pyrrole nitrogens is 1. The normalized spacial score (nSPS) is 12.0. The Labute approximate surface area is 132 Å². The first kappa shape index (κ1) is 15.0. The SMILES string of the molecule is CC(C)(C)c1ccc(CSc2nc(F)nc3nc[nH]c23)cc1. The molecule has 0 aliphatic rings. The highest BCUT2D eigenvalue weighted by molar-refractivity contribution is 7.98. The number of fused-ring (bicyclic) bond motifs is 1. The number of hydrogen-bond donors (Lipinski definition) is 1. The lowest BCUT2D eigenvalue weighted by Gasteiger charge is -2.19. The first-order valence-electron chi connectivity index (χ1n) is 7.02. The van der Waals surface area contributed by atoms with Crippen molar-refractivity contribution in [1.29, 1.82) is 0 Å². The van der Waals surface area contributed by atoms with Gasteiger partial charge in [0.25, 0.3) is 0 Å². The van der Waals surface area contributed by atoms with E-state index >= 15 is 0 Å². The van der Waals surface area contributed by atoms with Crippen molar-refractivity contribution in [3.05, 3.63) is 47.8 Å². The summed E-state index contributed by atoms with van der Waals surface area (Å²) in [6.45, 7) is 6.57. The third kappa shape index (κ3) is 3.11. The fraction of sp³-hybridized carbons (Fsp3) is 0.312. The fourth-order valence-corrected chi connectivity index (χ4v) is 3.07. The van der Waals surface area contributed by atoms with Crippen LogP contribution in [0, 0.1) is 6.08 Å². The summed E-state index contributed by atoms with van der Waals surface area (Å²) in [6.07, 6.45) is 0.756. The fourth-order valence-electron chi connectivity index (χ4n) is 2.14. The second-order valence-electron chi connectivity index (χ2n) is 6.13. The van der Waals surface area contributed by atoms with Crippen LogP contribution in [-0.2, 0) is 11.2 Å². The number of aromatic amines is 1. The van der Waals surface area contributed by atoms with E-state index < -0.39 is 6.08 Å². The number of nitrogens with zero attached hydrogens (tertiary/aromatic N) is 3. The molecule has 0 aliphatic heterocycles. The molecule has 6 heteroatoms. The smallest absolute Gasteiger partial charge is 0.311 e. The van der Waals surface area contributed by atoms with Gasteiger partial charge in [0.1, 0.15) is 10.5 Å². The summed E-state index contributed by atoms with van der Waals surface area (Å²) in [7, 11) is 0. The van der Waals surface area contributed by atoms with E-state index in [0.717, 1.165) is 5.75 Å². The van der Waals surface area contributed by atoms with E-state index in [1.54, 1.807) is 0 Å². The number of aromatic nitrogens is 4. The molecule has 1 N–H and O–H groups in total. The Morgan fingerprint density at radius 1 is 1.14 bits per heavy atom. The van der Waals surface area contributed by atoms with Crippen molar-refractivity contribution in [1.82, 2.24) is 19.9 Å². The molecule has 2 heterocycles. The third-order valence-corrected chi connectivity index (χ3v) is 4.47. The minimum atomic E-state index is -0.745. The molecule has 0 radical (unpaired) electrons. The van der Waals surface area contributed by atoms with Gasteiger partial charge in [-0.15, -0.1) is 0 Å². The Kier molecular flexibility index (Phi) is 3.87. The van der Waals surface area contributed by atoms with Crippen LogP contribution in [0.3, 0.4) is 0 Å². The average molecular weight is 316 g/mol. The molecule has 0 saturated heterocycles. The Bertz CT molecular complexity index is 790. The lowest BCUT2D eigenvalue weighted by atomic mass is 9.87. The van der Waals surface area contributed by atoms with Crippen LogP contribution < -0.4 is 0 Å². The zero-order valence-corrected chi connectivity index (χ0v) is 13.5. The molecule has 22 heavy (non-hydrogen) atoms. The Hall–Kier alpha value is -1.95. The van der Waals surface area contributed by atoms with Crippen molar-refractivity contribution in [2.45, 2.75) is 37.0 Å². The van der Waals surface area contributed by atoms with Gasteiger partial charge in [0.2, 0.25) is 0 Å². The van der Waals surface area contributed by atoms with Gasteiger partial charge in [-0.1, -0.05) is 56.8 Å². The number of nitrogens with one attached hydrogen (secondary N) is 1. The molecule has 3 rings (SSSR count). The predicted octanol–water partition coefficient (Wildman–Crippen LogP) is 4.08. The number of benzene rings is 1. The van der Waals surface area contributed by atoms with E-state index in [9.17, 15) is 4.39 Å². The first-order valence-corrected chi connectivity index (χ1v) is 8.01. The molecule has 0 saturated carbocycles. The highest BCUT2D eigenvalue weighted by Gasteiger charge is 2.13. The van der Waals surface area contributed by atoms with Crippen LogP contribution in [0.5, 0.6) is 0 Å². The molecule has 2 aromatic heterocycles. The number of thioether (sulfide) groups is 1. The van der Waals surface area contributed by atoms with Crippen LogP contribution in [0.15, 0.2) is 35.6 Å². The van der Waals surface area contributed by atoms with Crippen molar-refractivity contribution in [2.24, 2.45) is 0 Å². The number of hydrogen-bond acceptors (Lipinski definition) is 4. The Morgan fingerprint density at radius 2 is 1.86 bits per heavy atom. The summed E-state index contributed by atoms with van der Waals surface area (Å²) in [6, 6.07) is 8.50. The van der Waals surface area contributed by atoms with Crippen LogP contribution in [0.4, 0.5) is 4.39 Å². The van der Waals surface area contributed by atoms with E-state index in [4.69, 9.17) is 0 Å². The zero-order valence-electron chi connectivity index (χ0n) is 12.7. The summed E-state index contributed by atoms with van der Waals surface area (Å²) in [5.74, 6) is 0.717. The molecular weight excluding hydrogens is 299 g/mol. The molecule has 114 valence electrons. The van der Waals surface area contributed by atoms with Gasteiger partial charge in [0, 0.05) is 5.75 Å². The van der Waals surface area contributed by atoms with Gasteiger partial charge < -0.3 is 4.98 Å². The second kappa shape index (κ2) is 5.68. The van der Waals surface area contributed by atoms with E-state index in [2.05, 4.69) is 65.0 Å². The van der Waals surface area contributed by atoms with Gasteiger partial charge in [-0.2, -0.15) is 14.4 Å². The topological polar surface area (TPSA) is 54.5 Å². The molecular formula is C16H17FN4S. The largest absolute Gasteiger partial charge is 0.341 e. The second-order valence-corrected chi connectivity index (χ2v) is 7.10. The van der Waals surface area contributed by atoms with Crippen molar-refractivity contribution >= 4 is 22.9 Å². The molecule has 0 amide bonds. The summed E-state index contributed by atoms with van der Waals surface area (Å²) in [5.41, 5.74) is 3.65. The summed E-state index contributed by atoms with van der Waals surface area (Å²) in [5, 5.41) is 0.583. The van der Waals surface area contributed by atoms with E-state index in [1.165, 1.54) is 29.2 Å². The molecule has 3 aromatic rings. The summed E-state index contributed by atoms with van der Waals surface area (Å²) < 4.78 is 13.4. The van der Waals surface area contributed by atoms with E-state index in [-0.39, 0.29) is 5.41 Å². The minimum Gasteiger partial charge on any atom is -0.341 e. The van der Waals surface area contributed by atoms with Crippen molar-refractivity contribution in [3.8, 4) is 0 Å². The van der Waals surface area contributed by atoms with Crippen molar-refractivity contribution < 1.29 is 4.39 Å². The van der Waals surface area contributed by atoms with E-state index in [0.29, 0.717) is 16.2 Å². The van der Waals surface area contributed by atoms with Gasteiger partial charge in [-0.3, -0.25) is 0 Å². The first-order chi connectivity index (χ1) is 10.4. The van der Waals surface area contributed by atoms with E-state index in [1.807, 2.05) is 0 Å². The number of imidazole rings is 1. The molecule has 0 aliphatic carbocycles. The lowest BCUT2D eigenvalue weighted by Crippen LogP contribution is -2.10. The Balaban J connectivity index is 1.78. The number of rotatable bonds is 3. The molecule has 4 nitrogen and oxygen atoms in total. The maximum Gasteiger partial charge on any atom is 0.311 e. The van der Waals surface area contributed by atoms with Crippen LogP contribution in [0.25, 0.3) is 11.2 Å². The van der Waals surface area contributed by atoms with Gasteiger partial charge in [0.15, 0.2) is 5.65 Å². The molecule has 1 aromatic carbocycles. The van der Waals surface area contributed by atoms with Crippen LogP contribution in [-0.4, -0.2) is 19.9 Å². The molecule has 0 atom stereocenters. The summed E-state index contributed by atoms with van der Waals surface area (Å²) in [4.78, 5) is 14.4. The van der Waals surface area contributed by atoms with Gasteiger partial charge in [-0.25, -0.2) is 4.98 Å². The lowest BCUT2D eigenvalue weighted by molar-refractivity contribution is 0.533. The van der Waals surface area contributed by atoms with Gasteiger partial charge >= 0.3 is 6.08 Å². The van der Waals surface area contributed by atoms with Crippen LogP contribution >= 0.6 is 11.8 Å². The summed E-state index contributed by atoms with van der Waals surface area (Å²) >= 11 is 1.47. The molecule has 0 bridgehead atoms. The van der Waals surface area contributed by atoms with Gasteiger partial charge in [0.05, 0.1) is 6.33 Å². The predicted molar refractivity (Wildman–Crippen MR) is 86.3 cm³/mol.